The maximum atomic E-state index is 13.0. The quantitative estimate of drug-likeness (QED) is 0.736. The Labute approximate surface area is 178 Å². The SMILES string of the molecule is COc1cccc(C2=NOC3(CCN(C(=O)c4ccc(C(C)(C)C)cc4)CC3)C2)c1. The molecule has 2 aromatic rings. The smallest absolute Gasteiger partial charge is 0.253 e. The van der Waals surface area contributed by atoms with Crippen LogP contribution in [0.4, 0.5) is 0 Å². The number of carbonyl (C=O) groups is 1. The predicted octanol–water partition coefficient (Wildman–Crippen LogP) is 4.79. The van der Waals surface area contributed by atoms with Crippen LogP contribution in [0.3, 0.4) is 0 Å². The molecule has 2 heterocycles. The number of piperidine rings is 1. The van der Waals surface area contributed by atoms with E-state index in [1.165, 1.54) is 5.56 Å². The van der Waals surface area contributed by atoms with Crippen molar-refractivity contribution in [2.24, 2.45) is 5.16 Å². The zero-order valence-corrected chi connectivity index (χ0v) is 18.3. The fraction of sp³-hybridized carbons (Fsp3) is 0.440. The van der Waals surface area contributed by atoms with E-state index < -0.39 is 0 Å². The molecule has 2 aliphatic heterocycles. The predicted molar refractivity (Wildman–Crippen MR) is 118 cm³/mol. The lowest BCUT2D eigenvalue weighted by molar-refractivity contribution is -0.0568. The maximum absolute atomic E-state index is 13.0. The molecule has 1 amide bonds. The zero-order valence-electron chi connectivity index (χ0n) is 18.3. The summed E-state index contributed by atoms with van der Waals surface area (Å²) in [4.78, 5) is 20.8. The summed E-state index contributed by atoms with van der Waals surface area (Å²) in [5, 5.41) is 4.38. The molecule has 0 radical (unpaired) electrons. The number of rotatable bonds is 3. The molecule has 1 spiro atoms. The summed E-state index contributed by atoms with van der Waals surface area (Å²) in [6, 6.07) is 15.9. The lowest BCUT2D eigenvalue weighted by atomic mass is 9.85. The van der Waals surface area contributed by atoms with E-state index in [1.807, 2.05) is 41.3 Å². The Kier molecular flexibility index (Phi) is 5.31. The molecular formula is C25H30N2O3. The molecule has 5 heteroatoms. The monoisotopic (exact) mass is 406 g/mol. The Balaban J connectivity index is 1.38. The van der Waals surface area contributed by atoms with Gasteiger partial charge in [0.05, 0.1) is 12.8 Å². The number of nitrogens with zero attached hydrogens (tertiary/aromatic N) is 2. The molecule has 158 valence electrons. The first-order valence-corrected chi connectivity index (χ1v) is 10.6. The van der Waals surface area contributed by atoms with E-state index in [1.54, 1.807) is 7.11 Å². The molecule has 1 fully saturated rings. The van der Waals surface area contributed by atoms with Gasteiger partial charge in [-0.1, -0.05) is 50.2 Å². The third-order valence-corrected chi connectivity index (χ3v) is 6.20. The molecule has 1 saturated heterocycles. The first-order chi connectivity index (χ1) is 14.3. The van der Waals surface area contributed by atoms with Crippen LogP contribution in [0.5, 0.6) is 5.75 Å². The Hall–Kier alpha value is -2.82. The summed E-state index contributed by atoms with van der Waals surface area (Å²) in [6.45, 7) is 7.90. The van der Waals surface area contributed by atoms with Crippen LogP contribution in [0.2, 0.25) is 0 Å². The number of hydrogen-bond acceptors (Lipinski definition) is 4. The van der Waals surface area contributed by atoms with Crippen LogP contribution >= 0.6 is 0 Å². The van der Waals surface area contributed by atoms with Crippen LogP contribution < -0.4 is 4.74 Å². The first-order valence-electron chi connectivity index (χ1n) is 10.6. The molecule has 4 rings (SSSR count). The molecular weight excluding hydrogens is 376 g/mol. The van der Waals surface area contributed by atoms with Gasteiger partial charge < -0.3 is 14.5 Å². The van der Waals surface area contributed by atoms with E-state index in [-0.39, 0.29) is 16.9 Å². The second-order valence-corrected chi connectivity index (χ2v) is 9.34. The minimum atomic E-state index is -0.300. The van der Waals surface area contributed by atoms with Crippen LogP contribution in [-0.2, 0) is 10.3 Å². The van der Waals surface area contributed by atoms with Crippen molar-refractivity contribution in [3.63, 3.8) is 0 Å². The van der Waals surface area contributed by atoms with Crippen molar-refractivity contribution in [3.05, 3.63) is 65.2 Å². The van der Waals surface area contributed by atoms with Gasteiger partial charge in [0, 0.05) is 43.5 Å². The molecule has 5 nitrogen and oxygen atoms in total. The molecule has 0 aliphatic carbocycles. The van der Waals surface area contributed by atoms with Gasteiger partial charge in [-0.25, -0.2) is 0 Å². The summed E-state index contributed by atoms with van der Waals surface area (Å²) in [7, 11) is 1.66. The Bertz CT molecular complexity index is 949. The zero-order chi connectivity index (χ0) is 21.4. The highest BCUT2D eigenvalue weighted by Crippen LogP contribution is 2.37. The third-order valence-electron chi connectivity index (χ3n) is 6.20. The second-order valence-electron chi connectivity index (χ2n) is 9.34. The van der Waals surface area contributed by atoms with E-state index in [2.05, 4.69) is 38.1 Å². The summed E-state index contributed by atoms with van der Waals surface area (Å²) in [5.74, 6) is 0.909. The highest BCUT2D eigenvalue weighted by atomic mass is 16.7. The van der Waals surface area contributed by atoms with Gasteiger partial charge in [0.15, 0.2) is 0 Å². The Morgan fingerprint density at radius 1 is 1.10 bits per heavy atom. The van der Waals surface area contributed by atoms with E-state index in [4.69, 9.17) is 9.57 Å². The van der Waals surface area contributed by atoms with E-state index in [9.17, 15) is 4.79 Å². The fourth-order valence-corrected chi connectivity index (χ4v) is 4.16. The molecule has 2 aliphatic rings. The summed E-state index contributed by atoms with van der Waals surface area (Å²) in [5.41, 5.74) is 3.75. The third kappa shape index (κ3) is 4.07. The summed E-state index contributed by atoms with van der Waals surface area (Å²) < 4.78 is 5.32. The fourth-order valence-electron chi connectivity index (χ4n) is 4.16. The number of methoxy groups -OCH3 is 1. The number of likely N-dealkylation sites (tertiary alicyclic amines) is 1. The van der Waals surface area contributed by atoms with Crippen LogP contribution in [-0.4, -0.2) is 42.3 Å². The van der Waals surface area contributed by atoms with Gasteiger partial charge >= 0.3 is 0 Å². The molecule has 0 aromatic heterocycles. The van der Waals surface area contributed by atoms with Crippen molar-refractivity contribution in [1.82, 2.24) is 4.90 Å². The molecule has 30 heavy (non-hydrogen) atoms. The van der Waals surface area contributed by atoms with Gasteiger partial charge in [-0.15, -0.1) is 0 Å². The topological polar surface area (TPSA) is 51.1 Å². The van der Waals surface area contributed by atoms with Crippen LogP contribution in [0, 0.1) is 0 Å². The minimum absolute atomic E-state index is 0.0827. The average Bonchev–Trinajstić information content (AvgIpc) is 3.17. The average molecular weight is 407 g/mol. The van der Waals surface area contributed by atoms with Crippen molar-refractivity contribution >= 4 is 11.6 Å². The molecule has 2 aromatic carbocycles. The van der Waals surface area contributed by atoms with Crippen LogP contribution in [0.15, 0.2) is 53.7 Å². The molecule has 0 N–H and O–H groups in total. The number of benzene rings is 2. The van der Waals surface area contributed by atoms with Crippen LogP contribution in [0.25, 0.3) is 0 Å². The molecule has 0 atom stereocenters. The lowest BCUT2D eigenvalue weighted by Crippen LogP contribution is -2.46. The Morgan fingerprint density at radius 2 is 1.80 bits per heavy atom. The van der Waals surface area contributed by atoms with Crippen molar-refractivity contribution in [1.29, 1.82) is 0 Å². The normalized spacial score (nSPS) is 18.1. The highest BCUT2D eigenvalue weighted by Gasteiger charge is 2.43. The second kappa shape index (κ2) is 7.78. The molecule has 0 saturated carbocycles. The van der Waals surface area contributed by atoms with E-state index in [0.29, 0.717) is 13.1 Å². The van der Waals surface area contributed by atoms with Gasteiger partial charge in [-0.05, 0) is 35.2 Å². The van der Waals surface area contributed by atoms with Gasteiger partial charge in [0.1, 0.15) is 11.4 Å². The van der Waals surface area contributed by atoms with Crippen molar-refractivity contribution < 1.29 is 14.4 Å². The maximum Gasteiger partial charge on any atom is 0.253 e. The van der Waals surface area contributed by atoms with Crippen molar-refractivity contribution in [3.8, 4) is 5.75 Å². The Morgan fingerprint density at radius 3 is 2.43 bits per heavy atom. The van der Waals surface area contributed by atoms with Crippen LogP contribution in [0.1, 0.15) is 61.5 Å². The number of ether oxygens (including phenoxy) is 1. The van der Waals surface area contributed by atoms with Crippen molar-refractivity contribution in [2.45, 2.75) is 51.0 Å². The van der Waals surface area contributed by atoms with Gasteiger partial charge in [-0.3, -0.25) is 4.79 Å². The molecule has 0 bridgehead atoms. The largest absolute Gasteiger partial charge is 0.497 e. The highest BCUT2D eigenvalue weighted by molar-refractivity contribution is 6.02. The van der Waals surface area contributed by atoms with E-state index >= 15 is 0 Å². The number of oxime groups is 1. The number of hydrogen-bond donors (Lipinski definition) is 0. The molecule has 0 unspecified atom stereocenters. The van der Waals surface area contributed by atoms with Gasteiger partial charge in [0.2, 0.25) is 0 Å². The van der Waals surface area contributed by atoms with Crippen molar-refractivity contribution in [2.75, 3.05) is 20.2 Å². The van der Waals surface area contributed by atoms with Gasteiger partial charge in [0.25, 0.3) is 5.91 Å². The standard InChI is InChI=1S/C25H30N2O3/c1-24(2,3)20-10-8-18(9-11-20)23(28)27-14-12-25(13-15-27)17-22(26-30-25)19-6-5-7-21(16-19)29-4/h5-11,16H,12-15,17H2,1-4H3. The summed E-state index contributed by atoms with van der Waals surface area (Å²) >= 11 is 0. The minimum Gasteiger partial charge on any atom is -0.497 e. The van der Waals surface area contributed by atoms with E-state index in [0.717, 1.165) is 41.9 Å². The first kappa shape index (κ1) is 20.5. The lowest BCUT2D eigenvalue weighted by Gasteiger charge is -2.37. The number of amides is 1. The summed E-state index contributed by atoms with van der Waals surface area (Å²) in [6.07, 6.45) is 2.34. The van der Waals surface area contributed by atoms with Gasteiger partial charge in [-0.2, -0.15) is 0 Å². The number of carbonyl (C=O) groups excluding carboxylic acids is 1.